The molecule has 0 spiro atoms. The summed E-state index contributed by atoms with van der Waals surface area (Å²) in [5.41, 5.74) is 1.26. The predicted molar refractivity (Wildman–Crippen MR) is 74.6 cm³/mol. The molecular weight excluding hydrogens is 206 g/mol. The Balaban J connectivity index is 2.43. The van der Waals surface area contributed by atoms with Crippen molar-refractivity contribution < 1.29 is 0 Å². The van der Waals surface area contributed by atoms with Gasteiger partial charge in [0.1, 0.15) is 0 Å². The molecule has 17 heavy (non-hydrogen) atoms. The fourth-order valence-corrected chi connectivity index (χ4v) is 2.27. The molecule has 0 amide bonds. The Morgan fingerprint density at radius 2 is 1.76 bits per heavy atom. The summed E-state index contributed by atoms with van der Waals surface area (Å²) in [6.07, 6.45) is 0. The van der Waals surface area contributed by atoms with Crippen LogP contribution in [0.25, 0.3) is 21.5 Å². The van der Waals surface area contributed by atoms with E-state index in [1.54, 1.807) is 0 Å². The third-order valence-electron chi connectivity index (χ3n) is 3.12. The number of hydrogen-bond donors (Lipinski definition) is 0. The molecule has 3 aromatic carbocycles. The van der Waals surface area contributed by atoms with Crippen LogP contribution in [-0.2, 0) is 0 Å². The topological polar surface area (TPSA) is 3.24 Å². The summed E-state index contributed by atoms with van der Waals surface area (Å²) in [7, 11) is 4.16. The monoisotopic (exact) mass is 220 g/mol. The zero-order valence-electron chi connectivity index (χ0n) is 10.1. The molecule has 3 rings (SSSR count). The zero-order chi connectivity index (χ0) is 11.8. The maximum atomic E-state index is 3.28. The minimum absolute atomic E-state index is 1.18. The van der Waals surface area contributed by atoms with Gasteiger partial charge >= 0.3 is 0 Å². The maximum absolute atomic E-state index is 3.28. The van der Waals surface area contributed by atoms with Crippen LogP contribution in [0.4, 0.5) is 5.69 Å². The number of nitrogens with zero attached hydrogens (tertiary/aromatic N) is 1. The fourth-order valence-electron chi connectivity index (χ4n) is 2.27. The van der Waals surface area contributed by atoms with Gasteiger partial charge in [0.05, 0.1) is 0 Å². The second-order valence-electron chi connectivity index (χ2n) is 4.50. The number of rotatable bonds is 1. The summed E-state index contributed by atoms with van der Waals surface area (Å²) in [4.78, 5) is 2.15. The predicted octanol–water partition coefficient (Wildman–Crippen LogP) is 3.86. The van der Waals surface area contributed by atoms with E-state index in [2.05, 4.69) is 61.5 Å². The number of fused-ring (bicyclic) bond motifs is 2. The van der Waals surface area contributed by atoms with Crippen LogP contribution < -0.4 is 4.90 Å². The van der Waals surface area contributed by atoms with Crippen molar-refractivity contribution in [2.75, 3.05) is 19.0 Å². The molecule has 0 N–H and O–H groups in total. The van der Waals surface area contributed by atoms with Crippen LogP contribution in [0.2, 0.25) is 0 Å². The van der Waals surface area contributed by atoms with E-state index < -0.39 is 0 Å². The van der Waals surface area contributed by atoms with E-state index in [1.807, 2.05) is 12.1 Å². The SMILES string of the molecule is CN(C)c1cccc2cc3[c]cccc3cc12. The van der Waals surface area contributed by atoms with Crippen molar-refractivity contribution in [3.8, 4) is 0 Å². The van der Waals surface area contributed by atoms with Gasteiger partial charge in [0, 0.05) is 25.2 Å². The van der Waals surface area contributed by atoms with Gasteiger partial charge in [-0.05, 0) is 40.4 Å². The quantitative estimate of drug-likeness (QED) is 0.563. The minimum Gasteiger partial charge on any atom is -0.377 e. The second kappa shape index (κ2) is 3.77. The van der Waals surface area contributed by atoms with E-state index >= 15 is 0 Å². The molecule has 0 aromatic heterocycles. The lowest BCUT2D eigenvalue weighted by atomic mass is 10.0. The van der Waals surface area contributed by atoms with Crippen molar-refractivity contribution in [3.63, 3.8) is 0 Å². The van der Waals surface area contributed by atoms with E-state index in [0.29, 0.717) is 0 Å². The maximum Gasteiger partial charge on any atom is 0.0440 e. The third-order valence-corrected chi connectivity index (χ3v) is 3.12. The first kappa shape index (κ1) is 10.2. The number of benzene rings is 3. The van der Waals surface area contributed by atoms with Gasteiger partial charge in [-0.25, -0.2) is 0 Å². The average molecular weight is 220 g/mol. The molecule has 0 saturated heterocycles. The molecule has 0 heterocycles. The average Bonchev–Trinajstić information content (AvgIpc) is 2.35. The van der Waals surface area contributed by atoms with E-state index in [9.17, 15) is 0 Å². The number of anilines is 1. The first-order valence-electron chi connectivity index (χ1n) is 5.76. The molecule has 0 aliphatic heterocycles. The van der Waals surface area contributed by atoms with Gasteiger partial charge in [-0.2, -0.15) is 0 Å². The normalized spacial score (nSPS) is 10.9. The Morgan fingerprint density at radius 3 is 2.59 bits per heavy atom. The highest BCUT2D eigenvalue weighted by atomic mass is 15.1. The van der Waals surface area contributed by atoms with E-state index in [-0.39, 0.29) is 0 Å². The minimum atomic E-state index is 1.18. The van der Waals surface area contributed by atoms with E-state index in [1.165, 1.54) is 27.2 Å². The van der Waals surface area contributed by atoms with Gasteiger partial charge in [0.15, 0.2) is 0 Å². The van der Waals surface area contributed by atoms with Gasteiger partial charge in [-0.1, -0.05) is 30.3 Å². The first-order chi connectivity index (χ1) is 8.25. The summed E-state index contributed by atoms with van der Waals surface area (Å²) in [6.45, 7) is 0. The van der Waals surface area contributed by atoms with Crippen molar-refractivity contribution in [1.82, 2.24) is 0 Å². The molecule has 1 nitrogen and oxygen atoms in total. The summed E-state index contributed by atoms with van der Waals surface area (Å²) in [5.74, 6) is 0. The molecule has 0 bridgehead atoms. The van der Waals surface area contributed by atoms with Crippen LogP contribution >= 0.6 is 0 Å². The highest BCUT2D eigenvalue weighted by Gasteiger charge is 2.04. The number of hydrogen-bond acceptors (Lipinski definition) is 1. The van der Waals surface area contributed by atoms with Crippen LogP contribution in [0.15, 0.2) is 48.5 Å². The molecule has 0 atom stereocenters. The Hall–Kier alpha value is -2.02. The lowest BCUT2D eigenvalue weighted by molar-refractivity contribution is 1.14. The van der Waals surface area contributed by atoms with E-state index in [4.69, 9.17) is 0 Å². The van der Waals surface area contributed by atoms with Crippen molar-refractivity contribution >= 4 is 27.2 Å². The highest BCUT2D eigenvalue weighted by Crippen LogP contribution is 2.29. The van der Waals surface area contributed by atoms with Crippen LogP contribution in [0.3, 0.4) is 0 Å². The van der Waals surface area contributed by atoms with Gasteiger partial charge in [0.2, 0.25) is 0 Å². The Labute approximate surface area is 101 Å². The van der Waals surface area contributed by atoms with Crippen molar-refractivity contribution in [3.05, 3.63) is 54.6 Å². The Kier molecular flexibility index (Phi) is 2.25. The zero-order valence-corrected chi connectivity index (χ0v) is 10.1. The van der Waals surface area contributed by atoms with E-state index in [0.717, 1.165) is 0 Å². The van der Waals surface area contributed by atoms with Gasteiger partial charge < -0.3 is 4.90 Å². The summed E-state index contributed by atoms with van der Waals surface area (Å²) < 4.78 is 0. The molecule has 0 unspecified atom stereocenters. The molecule has 1 radical (unpaired) electrons. The van der Waals surface area contributed by atoms with Gasteiger partial charge in [-0.3, -0.25) is 0 Å². The largest absolute Gasteiger partial charge is 0.377 e. The smallest absolute Gasteiger partial charge is 0.0440 e. The Bertz CT molecular complexity index is 683. The Morgan fingerprint density at radius 1 is 0.941 bits per heavy atom. The fraction of sp³-hybridized carbons (Fsp3) is 0.125. The molecule has 0 saturated carbocycles. The van der Waals surface area contributed by atoms with Crippen molar-refractivity contribution in [2.45, 2.75) is 0 Å². The lowest BCUT2D eigenvalue weighted by Crippen LogP contribution is -2.08. The van der Waals surface area contributed by atoms with Gasteiger partial charge in [-0.15, -0.1) is 0 Å². The molecule has 0 aliphatic rings. The summed E-state index contributed by atoms with van der Waals surface area (Å²) >= 11 is 0. The second-order valence-corrected chi connectivity index (χ2v) is 4.50. The van der Waals surface area contributed by atoms with Crippen molar-refractivity contribution in [1.29, 1.82) is 0 Å². The highest BCUT2D eigenvalue weighted by molar-refractivity contribution is 6.03. The molecular formula is C16H14N. The molecule has 0 aliphatic carbocycles. The standard InChI is InChI=1S/C16H14N/c1-17(2)16-9-5-8-14-10-12-6-3-4-7-13(12)11-15(14)16/h3-5,7-11H,1-2H3. The van der Waals surface area contributed by atoms with Crippen LogP contribution in [-0.4, -0.2) is 14.1 Å². The van der Waals surface area contributed by atoms with Crippen LogP contribution in [0, 0.1) is 6.07 Å². The first-order valence-corrected chi connectivity index (χ1v) is 5.76. The molecule has 1 heteroatoms. The van der Waals surface area contributed by atoms with Crippen LogP contribution in [0.1, 0.15) is 0 Å². The van der Waals surface area contributed by atoms with Crippen molar-refractivity contribution in [2.24, 2.45) is 0 Å². The summed E-state index contributed by atoms with van der Waals surface area (Å²) in [6, 6.07) is 20.3. The summed E-state index contributed by atoms with van der Waals surface area (Å²) in [5, 5.41) is 4.99. The third kappa shape index (κ3) is 1.64. The molecule has 83 valence electrons. The van der Waals surface area contributed by atoms with Gasteiger partial charge in [0.25, 0.3) is 0 Å². The van der Waals surface area contributed by atoms with Crippen LogP contribution in [0.5, 0.6) is 0 Å². The lowest BCUT2D eigenvalue weighted by Gasteiger charge is -2.15. The molecule has 3 aromatic rings. The molecule has 0 fully saturated rings.